The second kappa shape index (κ2) is 8.63. The summed E-state index contributed by atoms with van der Waals surface area (Å²) in [5.41, 5.74) is 21.4. The highest BCUT2D eigenvalue weighted by molar-refractivity contribution is 5.99. The first-order valence-corrected chi connectivity index (χ1v) is 8.20. The third-order valence-corrected chi connectivity index (χ3v) is 3.78. The first-order valence-electron chi connectivity index (χ1n) is 8.20. The topological polar surface area (TPSA) is 165 Å². The van der Waals surface area contributed by atoms with Crippen molar-refractivity contribution in [3.63, 3.8) is 0 Å². The predicted molar refractivity (Wildman–Crippen MR) is 96.8 cm³/mol. The number of esters is 2. The summed E-state index contributed by atoms with van der Waals surface area (Å²) in [6, 6.07) is 6.40. The van der Waals surface area contributed by atoms with E-state index in [9.17, 15) is 9.59 Å². The van der Waals surface area contributed by atoms with Gasteiger partial charge in [0.2, 0.25) is 0 Å². The molecule has 2 rings (SSSR count). The van der Waals surface area contributed by atoms with Crippen LogP contribution >= 0.6 is 0 Å². The number of hydrogen-bond acceptors (Lipinski definition) is 8. The van der Waals surface area contributed by atoms with Crippen molar-refractivity contribution < 1.29 is 19.1 Å². The van der Waals surface area contributed by atoms with E-state index < -0.39 is 17.9 Å². The summed E-state index contributed by atoms with van der Waals surface area (Å²) in [4.78, 5) is 27.8. The van der Waals surface area contributed by atoms with Crippen molar-refractivity contribution in [1.29, 1.82) is 0 Å². The van der Waals surface area contributed by atoms with Crippen LogP contribution in [0.25, 0.3) is 10.4 Å². The van der Waals surface area contributed by atoms with E-state index in [-0.39, 0.29) is 36.0 Å². The normalized spacial score (nSPS) is 14.3. The fourth-order valence-corrected chi connectivity index (χ4v) is 2.76. The fourth-order valence-electron chi connectivity index (χ4n) is 2.76. The van der Waals surface area contributed by atoms with Gasteiger partial charge in [-0.05, 0) is 31.0 Å². The van der Waals surface area contributed by atoms with Crippen molar-refractivity contribution in [2.24, 2.45) is 16.6 Å². The molecule has 0 amide bonds. The minimum atomic E-state index is -0.946. The lowest BCUT2D eigenvalue weighted by Gasteiger charge is -2.29. The van der Waals surface area contributed by atoms with Gasteiger partial charge in [0.05, 0.1) is 30.3 Å². The third-order valence-electron chi connectivity index (χ3n) is 3.78. The zero-order chi connectivity index (χ0) is 20.0. The van der Waals surface area contributed by atoms with Crippen LogP contribution in [-0.2, 0) is 19.1 Å². The molecule has 0 atom stereocenters. The number of nitrogens with zero attached hydrogens (tertiary/aromatic N) is 3. The minimum Gasteiger partial charge on any atom is -0.463 e. The molecular formula is C17H20N6O4. The smallest absolute Gasteiger partial charge is 0.338 e. The Balaban J connectivity index is 2.68. The maximum atomic E-state index is 12.5. The minimum absolute atomic E-state index is 0.0205. The average Bonchev–Trinajstić information content (AvgIpc) is 2.61. The molecule has 0 unspecified atom stereocenters. The van der Waals surface area contributed by atoms with Gasteiger partial charge in [-0.25, -0.2) is 9.59 Å². The maximum absolute atomic E-state index is 12.5. The molecular weight excluding hydrogens is 352 g/mol. The van der Waals surface area contributed by atoms with Crippen LogP contribution in [0.1, 0.15) is 25.3 Å². The van der Waals surface area contributed by atoms with Crippen molar-refractivity contribution in [2.45, 2.75) is 19.8 Å². The van der Waals surface area contributed by atoms with E-state index in [4.69, 9.17) is 26.5 Å². The molecule has 1 heterocycles. The van der Waals surface area contributed by atoms with E-state index in [0.717, 1.165) is 0 Å². The molecule has 1 aromatic carbocycles. The Labute approximate surface area is 155 Å². The Hall–Kier alpha value is -3.65. The number of nitrogens with one attached hydrogen (secondary N) is 1. The molecule has 5 N–H and O–H groups in total. The molecule has 1 aromatic rings. The number of benzene rings is 1. The molecule has 0 aliphatic carbocycles. The predicted octanol–water partition coefficient (Wildman–Crippen LogP) is 1.78. The third kappa shape index (κ3) is 4.13. The Morgan fingerprint density at radius 3 is 2.19 bits per heavy atom. The van der Waals surface area contributed by atoms with Gasteiger partial charge >= 0.3 is 11.9 Å². The molecule has 0 saturated carbocycles. The summed E-state index contributed by atoms with van der Waals surface area (Å²) in [5.74, 6) is -2.40. The number of dihydropyridines is 1. The Morgan fingerprint density at radius 1 is 1.15 bits per heavy atom. The van der Waals surface area contributed by atoms with Crippen LogP contribution in [0.2, 0.25) is 0 Å². The zero-order valence-electron chi connectivity index (χ0n) is 14.9. The first kappa shape index (κ1) is 19.7. The fraction of sp³-hybridized carbons (Fsp3) is 0.294. The Morgan fingerprint density at radius 2 is 1.70 bits per heavy atom. The summed E-state index contributed by atoms with van der Waals surface area (Å²) < 4.78 is 10.2. The highest BCUT2D eigenvalue weighted by atomic mass is 16.5. The van der Waals surface area contributed by atoms with Crippen molar-refractivity contribution in [1.82, 2.24) is 5.32 Å². The molecule has 142 valence electrons. The van der Waals surface area contributed by atoms with Crippen LogP contribution in [0.5, 0.6) is 0 Å². The summed E-state index contributed by atoms with van der Waals surface area (Å²) in [6.45, 7) is 3.54. The standard InChI is InChI=1S/C17H20N6O4/c1-3-26-16(24)12-11(9-6-5-7-10(8-9)22-23-20)13(17(25)27-4-2)15(19)21-14(12)18/h5-8,11,21H,3-4,18-19H2,1-2H3. The molecule has 0 radical (unpaired) electrons. The first-order chi connectivity index (χ1) is 12.9. The monoisotopic (exact) mass is 372 g/mol. The van der Waals surface area contributed by atoms with Gasteiger partial charge in [-0.2, -0.15) is 0 Å². The molecule has 0 aromatic heterocycles. The second-order valence-electron chi connectivity index (χ2n) is 5.44. The van der Waals surface area contributed by atoms with Crippen molar-refractivity contribution in [2.75, 3.05) is 13.2 Å². The van der Waals surface area contributed by atoms with E-state index in [1.165, 1.54) is 6.07 Å². The molecule has 1 aliphatic heterocycles. The van der Waals surface area contributed by atoms with Gasteiger partial charge in [0, 0.05) is 10.6 Å². The van der Waals surface area contributed by atoms with E-state index in [0.29, 0.717) is 11.3 Å². The zero-order valence-corrected chi connectivity index (χ0v) is 14.9. The average molecular weight is 372 g/mol. The highest BCUT2D eigenvalue weighted by Crippen LogP contribution is 2.38. The Kier molecular flexibility index (Phi) is 6.29. The van der Waals surface area contributed by atoms with Gasteiger partial charge < -0.3 is 26.3 Å². The van der Waals surface area contributed by atoms with Gasteiger partial charge in [0.15, 0.2) is 0 Å². The number of azide groups is 1. The van der Waals surface area contributed by atoms with E-state index >= 15 is 0 Å². The molecule has 0 bridgehead atoms. The number of hydrogen-bond donors (Lipinski definition) is 3. The quantitative estimate of drug-likeness (QED) is 0.296. The van der Waals surface area contributed by atoms with Gasteiger partial charge in [-0.3, -0.25) is 0 Å². The molecule has 10 nitrogen and oxygen atoms in total. The summed E-state index contributed by atoms with van der Waals surface area (Å²) in [7, 11) is 0. The molecule has 10 heteroatoms. The lowest BCUT2D eigenvalue weighted by Crippen LogP contribution is -2.39. The molecule has 0 saturated heterocycles. The van der Waals surface area contributed by atoms with E-state index in [1.54, 1.807) is 32.0 Å². The summed E-state index contributed by atoms with van der Waals surface area (Å²) >= 11 is 0. The Bertz CT molecular complexity index is 830. The van der Waals surface area contributed by atoms with Crippen LogP contribution in [-0.4, -0.2) is 25.2 Å². The highest BCUT2D eigenvalue weighted by Gasteiger charge is 2.39. The number of carbonyl (C=O) groups excluding carboxylic acids is 2. The van der Waals surface area contributed by atoms with E-state index in [1.807, 2.05) is 0 Å². The summed E-state index contributed by atoms with van der Waals surface area (Å²) in [5, 5.41) is 6.18. The molecule has 0 fully saturated rings. The molecule has 27 heavy (non-hydrogen) atoms. The van der Waals surface area contributed by atoms with Crippen LogP contribution in [0.3, 0.4) is 0 Å². The second-order valence-corrected chi connectivity index (χ2v) is 5.44. The lowest BCUT2D eigenvalue weighted by atomic mass is 9.82. The largest absolute Gasteiger partial charge is 0.463 e. The summed E-state index contributed by atoms with van der Waals surface area (Å²) in [6.07, 6.45) is 0. The van der Waals surface area contributed by atoms with Crippen LogP contribution < -0.4 is 16.8 Å². The lowest BCUT2D eigenvalue weighted by molar-refractivity contribution is -0.139. The number of ether oxygens (including phenoxy) is 2. The van der Waals surface area contributed by atoms with Gasteiger partial charge in [0.25, 0.3) is 0 Å². The van der Waals surface area contributed by atoms with Crippen LogP contribution in [0.4, 0.5) is 5.69 Å². The van der Waals surface area contributed by atoms with Crippen molar-refractivity contribution in [3.8, 4) is 0 Å². The van der Waals surface area contributed by atoms with Gasteiger partial charge in [-0.1, -0.05) is 23.3 Å². The van der Waals surface area contributed by atoms with E-state index in [2.05, 4.69) is 15.3 Å². The van der Waals surface area contributed by atoms with Crippen molar-refractivity contribution >= 4 is 17.6 Å². The SMILES string of the molecule is CCOC(=O)C1=C(N)NC(N)=C(C(=O)OCC)C1c1cccc(N=[N+]=[N-])c1. The van der Waals surface area contributed by atoms with Crippen LogP contribution in [0.15, 0.2) is 52.2 Å². The maximum Gasteiger partial charge on any atom is 0.338 e. The molecule has 1 aliphatic rings. The number of rotatable bonds is 6. The van der Waals surface area contributed by atoms with Gasteiger partial charge in [-0.15, -0.1) is 0 Å². The molecule has 0 spiro atoms. The van der Waals surface area contributed by atoms with Crippen LogP contribution in [0, 0.1) is 0 Å². The number of nitrogens with two attached hydrogens (primary N) is 2. The van der Waals surface area contributed by atoms with Gasteiger partial charge in [0.1, 0.15) is 11.6 Å². The van der Waals surface area contributed by atoms with Crippen molar-refractivity contribution in [3.05, 3.63) is 63.1 Å². The number of carbonyl (C=O) groups is 2.